The van der Waals surface area contributed by atoms with Gasteiger partial charge in [-0.1, -0.05) is 19.1 Å². The van der Waals surface area contributed by atoms with Crippen LogP contribution in [0.4, 0.5) is 0 Å². The number of likely N-dealkylation sites (tertiary alicyclic amines) is 1. The molecule has 2 aromatic rings. The summed E-state index contributed by atoms with van der Waals surface area (Å²) in [7, 11) is -1.19. The van der Waals surface area contributed by atoms with E-state index in [4.69, 9.17) is 4.74 Å². The molecule has 1 aliphatic heterocycles. The largest absolute Gasteiger partial charge is 0.494 e. The number of nitrogens with zero attached hydrogens (tertiary/aromatic N) is 1. The van der Waals surface area contributed by atoms with Crippen LogP contribution >= 0.6 is 0 Å². The van der Waals surface area contributed by atoms with Crippen molar-refractivity contribution in [1.82, 2.24) is 10.2 Å². The van der Waals surface area contributed by atoms with Gasteiger partial charge in [-0.15, -0.1) is 0 Å². The number of nitrogens with one attached hydrogen (secondary N) is 1. The number of hydrogen-bond donors (Lipinski definition) is 1. The maximum atomic E-state index is 12.7. The van der Waals surface area contributed by atoms with Crippen LogP contribution in [0.5, 0.6) is 5.75 Å². The summed E-state index contributed by atoms with van der Waals surface area (Å²) in [6.07, 6.45) is 1.38. The Hall–Kier alpha value is -2.67. The number of carbonyl (C=O) groups excluding carboxylic acids is 2. The van der Waals surface area contributed by atoms with E-state index in [1.807, 2.05) is 18.7 Å². The molecule has 1 fully saturated rings. The van der Waals surface area contributed by atoms with Gasteiger partial charge in [0.25, 0.3) is 11.8 Å². The van der Waals surface area contributed by atoms with Crippen LogP contribution in [-0.4, -0.2) is 52.4 Å². The molecule has 1 atom stereocenters. The van der Waals surface area contributed by atoms with Gasteiger partial charge >= 0.3 is 0 Å². The zero-order chi connectivity index (χ0) is 21.5. The molecule has 1 unspecified atom stereocenters. The van der Waals surface area contributed by atoms with Crippen LogP contribution in [-0.2, 0) is 10.8 Å². The topological polar surface area (TPSA) is 75.7 Å². The molecule has 0 spiro atoms. The molecule has 1 aliphatic rings. The Balaban J connectivity index is 1.56. The molecule has 0 radical (unpaired) electrons. The van der Waals surface area contributed by atoms with Crippen molar-refractivity contribution in [2.75, 3.05) is 25.4 Å². The van der Waals surface area contributed by atoms with E-state index in [1.54, 1.807) is 48.5 Å². The summed E-state index contributed by atoms with van der Waals surface area (Å²) in [4.78, 5) is 27.9. The second kappa shape index (κ2) is 10.4. The van der Waals surface area contributed by atoms with Crippen molar-refractivity contribution in [2.24, 2.45) is 0 Å². The highest BCUT2D eigenvalue weighted by Gasteiger charge is 2.25. The second-order valence-corrected chi connectivity index (χ2v) is 8.84. The first kappa shape index (κ1) is 22.0. The normalized spacial score (nSPS) is 15.5. The van der Waals surface area contributed by atoms with Crippen LogP contribution in [0.3, 0.4) is 0 Å². The molecule has 0 saturated carbocycles. The van der Waals surface area contributed by atoms with Crippen molar-refractivity contribution < 1.29 is 18.5 Å². The average Bonchev–Trinajstić information content (AvgIpc) is 2.79. The van der Waals surface area contributed by atoms with Gasteiger partial charge in [-0.05, 0) is 56.2 Å². The Bertz CT molecular complexity index is 906. The van der Waals surface area contributed by atoms with Gasteiger partial charge in [0.2, 0.25) is 0 Å². The number of ether oxygens (including phenoxy) is 1. The number of carbonyl (C=O) groups is 2. The first-order valence-electron chi connectivity index (χ1n) is 10.3. The highest BCUT2D eigenvalue weighted by atomic mass is 32.2. The number of benzene rings is 2. The first-order valence-corrected chi connectivity index (χ1v) is 11.7. The smallest absolute Gasteiger partial charge is 0.253 e. The summed E-state index contributed by atoms with van der Waals surface area (Å²) in [5.41, 5.74) is 1.10. The monoisotopic (exact) mass is 428 g/mol. The number of hydrogen-bond acceptors (Lipinski definition) is 4. The molecule has 7 heteroatoms. The van der Waals surface area contributed by atoms with Crippen LogP contribution in [0.15, 0.2) is 53.4 Å². The Morgan fingerprint density at radius 1 is 1.07 bits per heavy atom. The lowest BCUT2D eigenvalue weighted by Crippen LogP contribution is -2.46. The van der Waals surface area contributed by atoms with Crippen molar-refractivity contribution in [1.29, 1.82) is 0 Å². The van der Waals surface area contributed by atoms with Crippen LogP contribution in [0, 0.1) is 0 Å². The fourth-order valence-electron chi connectivity index (χ4n) is 3.54. The van der Waals surface area contributed by atoms with E-state index < -0.39 is 10.8 Å². The van der Waals surface area contributed by atoms with E-state index >= 15 is 0 Å². The van der Waals surface area contributed by atoms with Crippen LogP contribution in [0.1, 0.15) is 47.4 Å². The van der Waals surface area contributed by atoms with E-state index in [-0.39, 0.29) is 17.9 Å². The van der Waals surface area contributed by atoms with Gasteiger partial charge in [-0.25, -0.2) is 0 Å². The van der Waals surface area contributed by atoms with Crippen molar-refractivity contribution in [3.63, 3.8) is 0 Å². The van der Waals surface area contributed by atoms with Gasteiger partial charge in [0, 0.05) is 30.4 Å². The van der Waals surface area contributed by atoms with E-state index in [9.17, 15) is 13.8 Å². The Labute approximate surface area is 180 Å². The summed E-state index contributed by atoms with van der Waals surface area (Å²) >= 11 is 0. The SMILES string of the molecule is CCOc1ccc(C(=O)N2CCC(NC(=O)c3ccccc3S(=O)CC)CC2)cc1. The van der Waals surface area contributed by atoms with E-state index in [1.165, 1.54) is 0 Å². The van der Waals surface area contributed by atoms with Crippen LogP contribution in [0.2, 0.25) is 0 Å². The molecule has 6 nitrogen and oxygen atoms in total. The van der Waals surface area contributed by atoms with E-state index in [0.717, 1.165) is 5.75 Å². The van der Waals surface area contributed by atoms with E-state index in [2.05, 4.69) is 5.32 Å². The van der Waals surface area contributed by atoms with Gasteiger partial charge in [0.1, 0.15) is 5.75 Å². The molecule has 0 aromatic heterocycles. The zero-order valence-electron chi connectivity index (χ0n) is 17.4. The second-order valence-electron chi connectivity index (χ2n) is 7.13. The minimum atomic E-state index is -1.19. The molecule has 1 heterocycles. The Morgan fingerprint density at radius 2 is 1.73 bits per heavy atom. The molecule has 30 heavy (non-hydrogen) atoms. The molecule has 2 aromatic carbocycles. The fraction of sp³-hybridized carbons (Fsp3) is 0.391. The highest BCUT2D eigenvalue weighted by Crippen LogP contribution is 2.19. The summed E-state index contributed by atoms with van der Waals surface area (Å²) in [5, 5.41) is 3.05. The minimum absolute atomic E-state index is 0.00786. The van der Waals surface area contributed by atoms with Gasteiger partial charge in [-0.3, -0.25) is 13.8 Å². The molecule has 160 valence electrons. The molecule has 0 aliphatic carbocycles. The number of amides is 2. The highest BCUT2D eigenvalue weighted by molar-refractivity contribution is 7.85. The Kier molecular flexibility index (Phi) is 7.63. The lowest BCUT2D eigenvalue weighted by atomic mass is 10.0. The molecule has 0 bridgehead atoms. The predicted molar refractivity (Wildman–Crippen MR) is 117 cm³/mol. The van der Waals surface area contributed by atoms with Crippen molar-refractivity contribution >= 4 is 22.6 Å². The number of piperidine rings is 1. The molecular formula is C23H28N2O4S. The van der Waals surface area contributed by atoms with Crippen LogP contribution in [0.25, 0.3) is 0 Å². The third-order valence-electron chi connectivity index (χ3n) is 5.17. The summed E-state index contributed by atoms with van der Waals surface area (Å²) in [6.45, 7) is 5.51. The van der Waals surface area contributed by atoms with Gasteiger partial charge in [0.15, 0.2) is 0 Å². The zero-order valence-corrected chi connectivity index (χ0v) is 18.2. The average molecular weight is 429 g/mol. The number of rotatable bonds is 7. The summed E-state index contributed by atoms with van der Waals surface area (Å²) < 4.78 is 17.6. The lowest BCUT2D eigenvalue weighted by Gasteiger charge is -2.32. The van der Waals surface area contributed by atoms with Crippen molar-refractivity contribution in [2.45, 2.75) is 37.6 Å². The van der Waals surface area contributed by atoms with Gasteiger partial charge < -0.3 is 15.0 Å². The van der Waals surface area contributed by atoms with Crippen molar-refractivity contribution in [3.05, 3.63) is 59.7 Å². The maximum Gasteiger partial charge on any atom is 0.253 e. The molecule has 3 rings (SSSR count). The van der Waals surface area contributed by atoms with E-state index in [0.29, 0.717) is 54.3 Å². The third kappa shape index (κ3) is 5.27. The summed E-state index contributed by atoms with van der Waals surface area (Å²) in [6, 6.07) is 14.2. The minimum Gasteiger partial charge on any atom is -0.494 e. The lowest BCUT2D eigenvalue weighted by molar-refractivity contribution is 0.0698. The third-order valence-corrected chi connectivity index (χ3v) is 6.54. The molecule has 1 N–H and O–H groups in total. The van der Waals surface area contributed by atoms with Gasteiger partial charge in [0.05, 0.1) is 27.9 Å². The molecule has 1 saturated heterocycles. The molecular weight excluding hydrogens is 400 g/mol. The predicted octanol–water partition coefficient (Wildman–Crippen LogP) is 3.25. The van der Waals surface area contributed by atoms with Gasteiger partial charge in [-0.2, -0.15) is 0 Å². The quantitative estimate of drug-likeness (QED) is 0.735. The standard InChI is InChI=1S/C23H28N2O4S/c1-3-29-19-11-9-17(10-12-19)23(27)25-15-13-18(14-16-25)24-22(26)20-7-5-6-8-21(20)30(28)4-2/h5-12,18H,3-4,13-16H2,1-2H3,(H,24,26). The fourth-order valence-corrected chi connectivity index (χ4v) is 4.49. The molecule has 2 amide bonds. The summed E-state index contributed by atoms with van der Waals surface area (Å²) in [5.74, 6) is 1.01. The Morgan fingerprint density at radius 3 is 2.37 bits per heavy atom. The maximum absolute atomic E-state index is 12.7. The first-order chi connectivity index (χ1) is 14.5. The van der Waals surface area contributed by atoms with Crippen molar-refractivity contribution in [3.8, 4) is 5.75 Å². The van der Waals surface area contributed by atoms with Crippen LogP contribution < -0.4 is 10.1 Å².